The van der Waals surface area contributed by atoms with Gasteiger partial charge in [-0.25, -0.2) is 4.79 Å². The lowest BCUT2D eigenvalue weighted by molar-refractivity contribution is 0.0526. The number of ether oxygens (including phenoxy) is 1. The lowest BCUT2D eigenvalue weighted by Crippen LogP contribution is -2.05. The van der Waals surface area contributed by atoms with Crippen LogP contribution in [0.3, 0.4) is 0 Å². The number of esters is 1. The molecule has 0 saturated heterocycles. The Kier molecular flexibility index (Phi) is 4.99. The fourth-order valence-corrected chi connectivity index (χ4v) is 2.06. The monoisotopic (exact) mass is 283 g/mol. The minimum atomic E-state index is -0.279. The van der Waals surface area contributed by atoms with Crippen LogP contribution in [-0.4, -0.2) is 12.6 Å². The van der Waals surface area contributed by atoms with Crippen LogP contribution in [-0.2, 0) is 11.3 Å². The summed E-state index contributed by atoms with van der Waals surface area (Å²) in [6, 6.07) is 13.8. The average molecular weight is 283 g/mol. The summed E-state index contributed by atoms with van der Waals surface area (Å²) in [7, 11) is 0. The third-order valence-corrected chi connectivity index (χ3v) is 3.46. The number of anilines is 1. The Morgan fingerprint density at radius 1 is 1.05 bits per heavy atom. The second kappa shape index (κ2) is 6.93. The van der Waals surface area contributed by atoms with Crippen LogP contribution in [0.25, 0.3) is 0 Å². The van der Waals surface area contributed by atoms with E-state index in [0.717, 1.165) is 12.2 Å². The van der Waals surface area contributed by atoms with Gasteiger partial charge in [-0.3, -0.25) is 0 Å². The van der Waals surface area contributed by atoms with Crippen LogP contribution < -0.4 is 5.32 Å². The summed E-state index contributed by atoms with van der Waals surface area (Å²) in [5.74, 6) is -0.279. The van der Waals surface area contributed by atoms with Crippen LogP contribution in [0.1, 0.15) is 34.0 Å². The zero-order valence-corrected chi connectivity index (χ0v) is 12.8. The summed E-state index contributed by atoms with van der Waals surface area (Å²) in [5.41, 5.74) is 5.41. The smallest absolute Gasteiger partial charge is 0.338 e. The highest BCUT2D eigenvalue weighted by Gasteiger charge is 2.05. The topological polar surface area (TPSA) is 38.3 Å². The van der Waals surface area contributed by atoms with Gasteiger partial charge in [-0.1, -0.05) is 18.2 Å². The summed E-state index contributed by atoms with van der Waals surface area (Å²) >= 11 is 0. The number of nitrogens with one attached hydrogen (secondary N) is 1. The summed E-state index contributed by atoms with van der Waals surface area (Å²) < 4.78 is 4.96. The Labute approximate surface area is 126 Å². The Bertz CT molecular complexity index is 618. The molecular formula is C18H21NO2. The minimum absolute atomic E-state index is 0.279. The normalized spacial score (nSPS) is 10.2. The Morgan fingerprint density at radius 2 is 1.76 bits per heavy atom. The molecule has 3 nitrogen and oxygen atoms in total. The Hall–Kier alpha value is -2.29. The molecule has 0 aliphatic carbocycles. The van der Waals surface area contributed by atoms with E-state index in [-0.39, 0.29) is 5.97 Å². The van der Waals surface area contributed by atoms with Gasteiger partial charge in [0.05, 0.1) is 12.2 Å². The second-order valence-electron chi connectivity index (χ2n) is 5.07. The van der Waals surface area contributed by atoms with Gasteiger partial charge < -0.3 is 10.1 Å². The van der Waals surface area contributed by atoms with Crippen molar-refractivity contribution in [1.82, 2.24) is 0 Å². The number of carbonyl (C=O) groups excluding carboxylic acids is 1. The molecule has 0 aliphatic rings. The van der Waals surface area contributed by atoms with E-state index in [9.17, 15) is 4.79 Å². The highest BCUT2D eigenvalue weighted by molar-refractivity contribution is 5.89. The molecule has 2 aromatic carbocycles. The first-order valence-electron chi connectivity index (χ1n) is 7.17. The van der Waals surface area contributed by atoms with Gasteiger partial charge in [0.15, 0.2) is 0 Å². The summed E-state index contributed by atoms with van der Waals surface area (Å²) in [6.45, 7) is 7.19. The Balaban J connectivity index is 1.97. The fourth-order valence-electron chi connectivity index (χ4n) is 2.06. The summed E-state index contributed by atoms with van der Waals surface area (Å²) in [6.07, 6.45) is 0. The van der Waals surface area contributed by atoms with Gasteiger partial charge in [-0.05, 0) is 61.7 Å². The maximum atomic E-state index is 11.6. The molecule has 2 aromatic rings. The first-order chi connectivity index (χ1) is 10.1. The first-order valence-corrected chi connectivity index (χ1v) is 7.17. The third-order valence-electron chi connectivity index (χ3n) is 3.46. The molecule has 110 valence electrons. The third kappa shape index (κ3) is 4.09. The largest absolute Gasteiger partial charge is 0.462 e. The molecular weight excluding hydrogens is 262 g/mol. The molecule has 0 spiro atoms. The lowest BCUT2D eigenvalue weighted by atomic mass is 10.1. The van der Waals surface area contributed by atoms with E-state index in [4.69, 9.17) is 4.74 Å². The van der Waals surface area contributed by atoms with Crippen molar-refractivity contribution >= 4 is 11.7 Å². The van der Waals surface area contributed by atoms with E-state index >= 15 is 0 Å². The van der Waals surface area contributed by atoms with Crippen molar-refractivity contribution in [2.24, 2.45) is 0 Å². The number of benzene rings is 2. The molecule has 0 aromatic heterocycles. The minimum Gasteiger partial charge on any atom is -0.462 e. The van der Waals surface area contributed by atoms with Gasteiger partial charge in [0, 0.05) is 12.2 Å². The quantitative estimate of drug-likeness (QED) is 0.840. The van der Waals surface area contributed by atoms with E-state index in [1.54, 1.807) is 19.1 Å². The molecule has 0 bridgehead atoms. The maximum Gasteiger partial charge on any atom is 0.338 e. The van der Waals surface area contributed by atoms with E-state index in [1.807, 2.05) is 12.1 Å². The Morgan fingerprint density at radius 3 is 2.38 bits per heavy atom. The zero-order chi connectivity index (χ0) is 15.2. The maximum absolute atomic E-state index is 11.6. The number of hydrogen-bond donors (Lipinski definition) is 1. The van der Waals surface area contributed by atoms with Crippen molar-refractivity contribution in [3.8, 4) is 0 Å². The molecule has 1 N–H and O–H groups in total. The molecule has 0 unspecified atom stereocenters. The molecule has 0 aliphatic heterocycles. The second-order valence-corrected chi connectivity index (χ2v) is 5.07. The SMILES string of the molecule is CCOC(=O)c1ccc(NCc2ccc(C)c(C)c2)cc1. The van der Waals surface area contributed by atoms with Gasteiger partial charge >= 0.3 is 5.97 Å². The number of hydrogen-bond acceptors (Lipinski definition) is 3. The van der Waals surface area contributed by atoms with Crippen LogP contribution in [0.5, 0.6) is 0 Å². The van der Waals surface area contributed by atoms with Gasteiger partial charge in [0.2, 0.25) is 0 Å². The molecule has 0 saturated carbocycles. The van der Waals surface area contributed by atoms with Crippen LogP contribution in [0.15, 0.2) is 42.5 Å². The predicted octanol–water partition coefficient (Wildman–Crippen LogP) is 4.09. The van der Waals surface area contributed by atoms with Gasteiger partial charge in [-0.15, -0.1) is 0 Å². The number of aryl methyl sites for hydroxylation is 2. The molecule has 0 heterocycles. The van der Waals surface area contributed by atoms with Gasteiger partial charge in [0.1, 0.15) is 0 Å². The number of rotatable bonds is 5. The van der Waals surface area contributed by atoms with Gasteiger partial charge in [-0.2, -0.15) is 0 Å². The zero-order valence-electron chi connectivity index (χ0n) is 12.8. The molecule has 21 heavy (non-hydrogen) atoms. The van der Waals surface area contributed by atoms with Crippen molar-refractivity contribution in [2.45, 2.75) is 27.3 Å². The molecule has 0 radical (unpaired) electrons. The van der Waals surface area contributed by atoms with E-state index in [0.29, 0.717) is 12.2 Å². The van der Waals surface area contributed by atoms with E-state index < -0.39 is 0 Å². The summed E-state index contributed by atoms with van der Waals surface area (Å²) in [5, 5.41) is 3.35. The van der Waals surface area contributed by atoms with Crippen molar-refractivity contribution in [2.75, 3.05) is 11.9 Å². The van der Waals surface area contributed by atoms with Crippen LogP contribution in [0, 0.1) is 13.8 Å². The van der Waals surface area contributed by atoms with Crippen LogP contribution in [0.2, 0.25) is 0 Å². The summed E-state index contributed by atoms with van der Waals surface area (Å²) in [4.78, 5) is 11.6. The van der Waals surface area contributed by atoms with Crippen molar-refractivity contribution in [3.05, 3.63) is 64.7 Å². The van der Waals surface area contributed by atoms with E-state index in [2.05, 4.69) is 37.4 Å². The predicted molar refractivity (Wildman–Crippen MR) is 85.6 cm³/mol. The fraction of sp³-hybridized carbons (Fsp3) is 0.278. The van der Waals surface area contributed by atoms with Crippen molar-refractivity contribution in [1.29, 1.82) is 0 Å². The van der Waals surface area contributed by atoms with Crippen molar-refractivity contribution in [3.63, 3.8) is 0 Å². The highest BCUT2D eigenvalue weighted by Crippen LogP contribution is 2.14. The van der Waals surface area contributed by atoms with Gasteiger partial charge in [0.25, 0.3) is 0 Å². The first kappa shape index (κ1) is 15.1. The standard InChI is InChI=1S/C18H21NO2/c1-4-21-18(20)16-7-9-17(10-8-16)19-12-15-6-5-13(2)14(3)11-15/h5-11,19H,4,12H2,1-3H3. The molecule has 2 rings (SSSR count). The number of carbonyl (C=O) groups is 1. The van der Waals surface area contributed by atoms with E-state index in [1.165, 1.54) is 16.7 Å². The highest BCUT2D eigenvalue weighted by atomic mass is 16.5. The van der Waals surface area contributed by atoms with Crippen LogP contribution in [0.4, 0.5) is 5.69 Å². The average Bonchev–Trinajstić information content (AvgIpc) is 2.49. The lowest BCUT2D eigenvalue weighted by Gasteiger charge is -2.09. The molecule has 0 fully saturated rings. The molecule has 3 heteroatoms. The molecule has 0 atom stereocenters. The van der Waals surface area contributed by atoms with Crippen LogP contribution >= 0.6 is 0 Å². The molecule has 0 amide bonds. The van der Waals surface area contributed by atoms with Crippen molar-refractivity contribution < 1.29 is 9.53 Å².